The zero-order valence-electron chi connectivity index (χ0n) is 22.4. The minimum Gasteiger partial charge on any atom is -0.436 e. The molecule has 210 valence electrons. The van der Waals surface area contributed by atoms with Gasteiger partial charge in [-0.25, -0.2) is 4.79 Å². The van der Waals surface area contributed by atoms with E-state index in [-0.39, 0.29) is 31.2 Å². The Morgan fingerprint density at radius 2 is 1.77 bits per heavy atom. The number of rotatable bonds is 13. The summed E-state index contributed by atoms with van der Waals surface area (Å²) >= 11 is 6.01. The van der Waals surface area contributed by atoms with Gasteiger partial charge in [-0.15, -0.1) is 0 Å². The van der Waals surface area contributed by atoms with Crippen LogP contribution >= 0.6 is 11.6 Å². The van der Waals surface area contributed by atoms with Crippen LogP contribution in [0.15, 0.2) is 54.6 Å². The number of hydrogen-bond donors (Lipinski definition) is 2. The minimum atomic E-state index is -1.04. The smallest absolute Gasteiger partial charge is 0.408 e. The molecule has 0 aliphatic heterocycles. The highest BCUT2D eigenvalue weighted by Gasteiger charge is 2.29. The molecule has 1 fully saturated rings. The van der Waals surface area contributed by atoms with Crippen molar-refractivity contribution in [3.63, 3.8) is 0 Å². The van der Waals surface area contributed by atoms with Crippen LogP contribution in [0.5, 0.6) is 0 Å². The number of alkyl carbamates (subject to hydrolysis) is 1. The van der Waals surface area contributed by atoms with Gasteiger partial charge < -0.3 is 25.1 Å². The van der Waals surface area contributed by atoms with E-state index in [1.807, 2.05) is 36.4 Å². The molecule has 0 saturated heterocycles. The Bertz CT molecular complexity index is 1090. The maximum atomic E-state index is 13.2. The van der Waals surface area contributed by atoms with Gasteiger partial charge in [0.15, 0.2) is 6.10 Å². The third kappa shape index (κ3) is 10.7. The molecule has 1 saturated carbocycles. The first-order valence-corrected chi connectivity index (χ1v) is 13.9. The summed E-state index contributed by atoms with van der Waals surface area (Å²) in [6.07, 6.45) is 4.77. The van der Waals surface area contributed by atoms with Gasteiger partial charge in [-0.05, 0) is 42.0 Å². The molecule has 2 aromatic carbocycles. The third-order valence-corrected chi connectivity index (χ3v) is 7.22. The van der Waals surface area contributed by atoms with Gasteiger partial charge in [0.2, 0.25) is 5.91 Å². The van der Waals surface area contributed by atoms with Crippen molar-refractivity contribution >= 4 is 35.8 Å². The summed E-state index contributed by atoms with van der Waals surface area (Å²) in [6.45, 7) is 0.659. The van der Waals surface area contributed by atoms with Crippen LogP contribution in [-0.4, -0.2) is 48.3 Å². The highest BCUT2D eigenvalue weighted by atomic mass is 35.5. The number of halogens is 1. The van der Waals surface area contributed by atoms with E-state index in [1.165, 1.54) is 0 Å². The van der Waals surface area contributed by atoms with Crippen molar-refractivity contribution in [2.75, 3.05) is 7.05 Å². The summed E-state index contributed by atoms with van der Waals surface area (Å²) in [7, 11) is 1.71. The van der Waals surface area contributed by atoms with Crippen molar-refractivity contribution in [2.45, 2.75) is 76.6 Å². The predicted molar refractivity (Wildman–Crippen MR) is 150 cm³/mol. The number of benzene rings is 2. The van der Waals surface area contributed by atoms with Crippen LogP contribution in [0.25, 0.3) is 0 Å². The van der Waals surface area contributed by atoms with Crippen molar-refractivity contribution in [1.29, 1.82) is 0 Å². The lowest BCUT2D eigenvalue weighted by Gasteiger charge is -2.27. The van der Waals surface area contributed by atoms with E-state index in [0.717, 1.165) is 43.2 Å². The van der Waals surface area contributed by atoms with E-state index in [1.54, 1.807) is 30.1 Å². The maximum Gasteiger partial charge on any atom is 0.408 e. The first-order chi connectivity index (χ1) is 18.8. The average molecular weight is 556 g/mol. The summed E-state index contributed by atoms with van der Waals surface area (Å²) in [4.78, 5) is 51.7. The third-order valence-electron chi connectivity index (χ3n) is 6.99. The van der Waals surface area contributed by atoms with Crippen molar-refractivity contribution in [3.8, 4) is 0 Å². The number of aldehydes is 1. The molecule has 0 spiro atoms. The highest BCUT2D eigenvalue weighted by molar-refractivity contribution is 6.30. The number of carbonyl (C=O) groups excluding carboxylic acids is 4. The molecule has 1 aliphatic rings. The lowest BCUT2D eigenvalue weighted by atomic mass is 9.85. The number of hydrogen-bond acceptors (Lipinski definition) is 5. The second-order valence-corrected chi connectivity index (χ2v) is 10.6. The molecule has 0 heterocycles. The summed E-state index contributed by atoms with van der Waals surface area (Å²) in [5, 5.41) is 5.91. The van der Waals surface area contributed by atoms with Crippen LogP contribution in [0.3, 0.4) is 0 Å². The molecule has 2 atom stereocenters. The van der Waals surface area contributed by atoms with Crippen molar-refractivity contribution in [2.24, 2.45) is 5.92 Å². The molecule has 9 heteroatoms. The lowest BCUT2D eigenvalue weighted by molar-refractivity contribution is -0.134. The van der Waals surface area contributed by atoms with Crippen LogP contribution in [0.4, 0.5) is 4.79 Å². The summed E-state index contributed by atoms with van der Waals surface area (Å²) in [6, 6.07) is 15.8. The fourth-order valence-corrected chi connectivity index (χ4v) is 5.00. The molecule has 2 N–H and O–H groups in total. The number of nitrogens with one attached hydrogen (secondary N) is 2. The summed E-state index contributed by atoms with van der Waals surface area (Å²) < 4.78 is 5.56. The van der Waals surface area contributed by atoms with E-state index in [9.17, 15) is 19.2 Å². The zero-order valence-corrected chi connectivity index (χ0v) is 23.2. The SMILES string of the molecule is CN(Cc1ccccc1)C(=O)CC[C@@H](C=O)NC(=O)[C@H](CC1CCCCC1)OC(=O)NCc1cccc(Cl)c1. The van der Waals surface area contributed by atoms with Gasteiger partial charge in [0.1, 0.15) is 6.29 Å². The Labute approximate surface area is 235 Å². The van der Waals surface area contributed by atoms with Crippen LogP contribution in [0, 0.1) is 5.92 Å². The highest BCUT2D eigenvalue weighted by Crippen LogP contribution is 2.28. The largest absolute Gasteiger partial charge is 0.436 e. The molecule has 39 heavy (non-hydrogen) atoms. The molecule has 2 aromatic rings. The molecule has 0 radical (unpaired) electrons. The molecule has 0 bridgehead atoms. The standard InChI is InChI=1S/C30H38ClN3O5/c1-34(20-23-11-6-3-7-12-23)28(36)16-15-26(21-35)33-29(37)27(18-22-9-4-2-5-10-22)39-30(38)32-19-24-13-8-14-25(31)17-24/h3,6-8,11-14,17,21-22,26-27H,2,4-5,9-10,15-16,18-20H2,1H3,(H,32,38)(H,33,37)/t26-,27-/m0/s1. The molecule has 1 aliphatic carbocycles. The van der Waals surface area contributed by atoms with Gasteiger partial charge in [0.05, 0.1) is 6.04 Å². The summed E-state index contributed by atoms with van der Waals surface area (Å²) in [5.41, 5.74) is 1.81. The summed E-state index contributed by atoms with van der Waals surface area (Å²) in [5.74, 6) is -0.394. The normalized spacial score (nSPS) is 15.0. The quantitative estimate of drug-likeness (QED) is 0.337. The molecule has 3 rings (SSSR count). The Morgan fingerprint density at radius 1 is 1.05 bits per heavy atom. The van der Waals surface area contributed by atoms with Crippen molar-refractivity contribution in [1.82, 2.24) is 15.5 Å². The molecule has 0 aromatic heterocycles. The Hall–Kier alpha value is -3.39. The first-order valence-electron chi connectivity index (χ1n) is 13.6. The fourth-order valence-electron chi connectivity index (χ4n) is 4.79. The van der Waals surface area contributed by atoms with E-state index >= 15 is 0 Å². The molecule has 3 amide bonds. The average Bonchev–Trinajstić information content (AvgIpc) is 2.94. The van der Waals surface area contributed by atoms with E-state index in [0.29, 0.717) is 24.3 Å². The zero-order chi connectivity index (χ0) is 28.0. The van der Waals surface area contributed by atoms with Crippen LogP contribution in [0.1, 0.15) is 62.5 Å². The molecular weight excluding hydrogens is 518 g/mol. The Morgan fingerprint density at radius 3 is 2.46 bits per heavy atom. The van der Waals surface area contributed by atoms with Gasteiger partial charge in [-0.1, -0.05) is 86.2 Å². The maximum absolute atomic E-state index is 13.2. The molecule has 8 nitrogen and oxygen atoms in total. The van der Waals surface area contributed by atoms with Crippen LogP contribution in [-0.2, 0) is 32.2 Å². The van der Waals surface area contributed by atoms with E-state index < -0.39 is 24.1 Å². The fraction of sp³-hybridized carbons (Fsp3) is 0.467. The number of nitrogens with zero attached hydrogens (tertiary/aromatic N) is 1. The van der Waals surface area contributed by atoms with Crippen molar-refractivity contribution < 1.29 is 23.9 Å². The number of carbonyl (C=O) groups is 4. The molecular formula is C30H38ClN3O5. The van der Waals surface area contributed by atoms with Gasteiger partial charge >= 0.3 is 6.09 Å². The van der Waals surface area contributed by atoms with Gasteiger partial charge in [-0.3, -0.25) is 9.59 Å². The van der Waals surface area contributed by atoms with Crippen LogP contribution in [0.2, 0.25) is 5.02 Å². The second-order valence-electron chi connectivity index (χ2n) is 10.1. The molecule has 0 unspecified atom stereocenters. The van der Waals surface area contributed by atoms with E-state index in [2.05, 4.69) is 10.6 Å². The number of amides is 3. The Kier molecular flexibility index (Phi) is 12.3. The lowest BCUT2D eigenvalue weighted by Crippen LogP contribution is -2.46. The topological polar surface area (TPSA) is 105 Å². The predicted octanol–water partition coefficient (Wildman–Crippen LogP) is 5.03. The number of ether oxygens (including phenoxy) is 1. The van der Waals surface area contributed by atoms with E-state index in [4.69, 9.17) is 16.3 Å². The van der Waals surface area contributed by atoms with Gasteiger partial charge in [0.25, 0.3) is 5.91 Å². The van der Waals surface area contributed by atoms with Gasteiger partial charge in [0, 0.05) is 31.6 Å². The first kappa shape index (κ1) is 30.2. The second kappa shape index (κ2) is 15.9. The van der Waals surface area contributed by atoms with Gasteiger partial charge in [-0.2, -0.15) is 0 Å². The minimum absolute atomic E-state index is 0.0985. The Balaban J connectivity index is 1.54. The van der Waals surface area contributed by atoms with Crippen LogP contribution < -0.4 is 10.6 Å². The van der Waals surface area contributed by atoms with Crippen molar-refractivity contribution in [3.05, 3.63) is 70.7 Å². The monoisotopic (exact) mass is 555 g/mol.